The number of carbonyl (C=O) groups is 3. The second-order valence-corrected chi connectivity index (χ2v) is 17.7. The molecule has 2 aromatic heterocycles. The van der Waals surface area contributed by atoms with Crippen molar-refractivity contribution >= 4 is 40.1 Å². The molecule has 2 N–H and O–H groups in total. The molecule has 1 aliphatic carbocycles. The van der Waals surface area contributed by atoms with E-state index in [2.05, 4.69) is 64.1 Å². The number of anilines is 2. The van der Waals surface area contributed by atoms with Gasteiger partial charge >= 0.3 is 0 Å². The van der Waals surface area contributed by atoms with Gasteiger partial charge in [-0.05, 0) is 120 Å². The summed E-state index contributed by atoms with van der Waals surface area (Å²) in [6, 6.07) is 13.1. The molecule has 5 aliphatic heterocycles. The lowest BCUT2D eigenvalue weighted by Gasteiger charge is -2.41. The van der Waals surface area contributed by atoms with Gasteiger partial charge < -0.3 is 24.8 Å². The Balaban J connectivity index is 0.667. The van der Waals surface area contributed by atoms with Gasteiger partial charge in [-0.1, -0.05) is 0 Å². The van der Waals surface area contributed by atoms with E-state index in [0.29, 0.717) is 30.0 Å². The molecule has 14 heteroatoms. The first-order chi connectivity index (χ1) is 28.3. The Morgan fingerprint density at radius 1 is 0.759 bits per heavy atom. The molecule has 0 radical (unpaired) electrons. The van der Waals surface area contributed by atoms with Gasteiger partial charge in [-0.3, -0.25) is 29.3 Å². The van der Waals surface area contributed by atoms with Crippen molar-refractivity contribution in [3.63, 3.8) is 0 Å². The fourth-order valence-electron chi connectivity index (χ4n) is 9.81. The maximum atomic E-state index is 13.4. The molecule has 4 aromatic rings. The molecule has 10 rings (SSSR count). The fourth-order valence-corrected chi connectivity index (χ4v) is 9.81. The number of hydrogen-bond acceptors (Lipinski definition) is 11. The number of imide groups is 1. The monoisotopic (exact) mass is 786 g/mol. The van der Waals surface area contributed by atoms with Gasteiger partial charge in [0.25, 0.3) is 11.8 Å². The average molecular weight is 787 g/mol. The van der Waals surface area contributed by atoms with Crippen LogP contribution in [-0.4, -0.2) is 136 Å². The van der Waals surface area contributed by atoms with Gasteiger partial charge in [-0.15, -0.1) is 0 Å². The van der Waals surface area contributed by atoms with Crippen molar-refractivity contribution in [1.82, 2.24) is 40.2 Å². The molecule has 304 valence electrons. The standard InChI is InChI=1S/C44H54N10O4/c1-44(12-13-44)58-32-5-7-36-35(24-32)40(49-48-36)37-25-39(47-28-46-37)53-17-10-30(11-18-53)26-50-15-8-29(9-16-50)27-51-19-21-52(22-20-51)31-4-6-33-34(23-31)43(57)54(42(33)56)38-3-2-14-45-41(38)55/h4-7,23-25,28-30,38H,2-3,8-22,26-27H2,1H3,(H,45,55)(H,48,49). The highest BCUT2D eigenvalue weighted by atomic mass is 16.5. The Bertz CT molecular complexity index is 2200. The van der Waals surface area contributed by atoms with E-state index in [-0.39, 0.29) is 23.3 Å². The number of H-pyrrole nitrogens is 1. The molecule has 3 amide bonds. The zero-order chi connectivity index (χ0) is 39.4. The number of rotatable bonds is 10. The van der Waals surface area contributed by atoms with Gasteiger partial charge in [0.2, 0.25) is 5.91 Å². The molecular weight excluding hydrogens is 733 g/mol. The second-order valence-electron chi connectivity index (χ2n) is 17.7. The highest BCUT2D eigenvalue weighted by molar-refractivity contribution is 6.23. The summed E-state index contributed by atoms with van der Waals surface area (Å²) >= 11 is 0. The van der Waals surface area contributed by atoms with Crippen LogP contribution in [0.15, 0.2) is 48.8 Å². The van der Waals surface area contributed by atoms with E-state index in [1.807, 2.05) is 24.3 Å². The van der Waals surface area contributed by atoms with Crippen molar-refractivity contribution in [2.24, 2.45) is 11.8 Å². The van der Waals surface area contributed by atoms with E-state index in [0.717, 1.165) is 111 Å². The van der Waals surface area contributed by atoms with Gasteiger partial charge in [0.05, 0.1) is 22.3 Å². The predicted molar refractivity (Wildman–Crippen MR) is 221 cm³/mol. The predicted octanol–water partition coefficient (Wildman–Crippen LogP) is 4.58. The first-order valence-electron chi connectivity index (χ1n) is 21.5. The zero-order valence-corrected chi connectivity index (χ0v) is 33.5. The minimum Gasteiger partial charge on any atom is -0.488 e. The maximum absolute atomic E-state index is 13.4. The summed E-state index contributed by atoms with van der Waals surface area (Å²) in [7, 11) is 0. The first kappa shape index (κ1) is 37.2. The molecule has 1 unspecified atom stereocenters. The number of ether oxygens (including phenoxy) is 1. The number of piperidine rings is 3. The molecule has 2 aromatic carbocycles. The number of nitrogens with zero attached hydrogens (tertiary/aromatic N) is 8. The zero-order valence-electron chi connectivity index (χ0n) is 33.5. The maximum Gasteiger partial charge on any atom is 0.262 e. The summed E-state index contributed by atoms with van der Waals surface area (Å²) in [5, 5.41) is 11.6. The van der Waals surface area contributed by atoms with Crippen molar-refractivity contribution in [2.45, 2.75) is 69.9 Å². The number of piperazine rings is 1. The molecule has 5 fully saturated rings. The van der Waals surface area contributed by atoms with Crippen LogP contribution in [0, 0.1) is 11.8 Å². The molecule has 4 saturated heterocycles. The molecule has 14 nitrogen and oxygen atoms in total. The van der Waals surface area contributed by atoms with E-state index >= 15 is 0 Å². The smallest absolute Gasteiger partial charge is 0.262 e. The highest BCUT2D eigenvalue weighted by Gasteiger charge is 2.44. The summed E-state index contributed by atoms with van der Waals surface area (Å²) in [5.74, 6) is 2.32. The molecule has 6 aliphatic rings. The molecule has 0 bridgehead atoms. The Morgan fingerprint density at radius 3 is 2.22 bits per heavy atom. The Labute approximate surface area is 339 Å². The summed E-state index contributed by atoms with van der Waals surface area (Å²) in [6.07, 6.45) is 9.95. The summed E-state index contributed by atoms with van der Waals surface area (Å²) in [4.78, 5) is 59.5. The Kier molecular flexibility index (Phi) is 9.79. The summed E-state index contributed by atoms with van der Waals surface area (Å²) in [6.45, 7) is 13.2. The number of benzene rings is 2. The number of carbonyl (C=O) groups excluding carboxylic acids is 3. The van der Waals surface area contributed by atoms with Gasteiger partial charge in [-0.25, -0.2) is 9.97 Å². The average Bonchev–Trinajstić information content (AvgIpc) is 3.73. The van der Waals surface area contributed by atoms with Gasteiger partial charge in [-0.2, -0.15) is 5.10 Å². The molecule has 0 spiro atoms. The van der Waals surface area contributed by atoms with Gasteiger partial charge in [0.1, 0.15) is 35.2 Å². The summed E-state index contributed by atoms with van der Waals surface area (Å²) < 4.78 is 6.24. The van der Waals surface area contributed by atoms with Crippen LogP contribution in [0.25, 0.3) is 22.3 Å². The van der Waals surface area contributed by atoms with Crippen LogP contribution < -0.4 is 19.9 Å². The van der Waals surface area contributed by atoms with Crippen molar-refractivity contribution in [3.05, 3.63) is 59.9 Å². The second kappa shape index (κ2) is 15.3. The van der Waals surface area contributed by atoms with Crippen LogP contribution in [0.4, 0.5) is 11.5 Å². The van der Waals surface area contributed by atoms with E-state index in [9.17, 15) is 14.4 Å². The molecule has 58 heavy (non-hydrogen) atoms. The normalized spacial score (nSPS) is 23.4. The number of amides is 3. The summed E-state index contributed by atoms with van der Waals surface area (Å²) in [5.41, 5.74) is 4.39. The number of aromatic nitrogens is 4. The highest BCUT2D eigenvalue weighted by Crippen LogP contribution is 2.41. The number of fused-ring (bicyclic) bond motifs is 2. The van der Waals surface area contributed by atoms with Crippen LogP contribution in [0.1, 0.15) is 79.0 Å². The molecule has 1 atom stereocenters. The lowest BCUT2D eigenvalue weighted by molar-refractivity contribution is -0.126. The minimum atomic E-state index is -0.717. The quantitative estimate of drug-likeness (QED) is 0.218. The van der Waals surface area contributed by atoms with Crippen LogP contribution >= 0.6 is 0 Å². The van der Waals surface area contributed by atoms with Crippen molar-refractivity contribution < 1.29 is 19.1 Å². The van der Waals surface area contributed by atoms with Crippen molar-refractivity contribution in [3.8, 4) is 17.1 Å². The number of nitrogens with one attached hydrogen (secondary N) is 2. The minimum absolute atomic E-state index is 0.0361. The first-order valence-corrected chi connectivity index (χ1v) is 21.5. The Hall–Kier alpha value is -5.08. The van der Waals surface area contributed by atoms with Crippen LogP contribution in [0.2, 0.25) is 0 Å². The fraction of sp³-hybridized carbons (Fsp3) is 0.545. The molecular formula is C44H54N10O4. The third kappa shape index (κ3) is 7.40. The largest absolute Gasteiger partial charge is 0.488 e. The van der Waals surface area contributed by atoms with Gasteiger partial charge in [0, 0.05) is 76.0 Å². The topological polar surface area (TPSA) is 143 Å². The lowest BCUT2D eigenvalue weighted by Crippen LogP contribution is -2.52. The SMILES string of the molecule is CC1(Oc2ccc3[nH]nc(-c4cc(N5CCC(CN6CCC(CN7CCN(c8ccc9c(c8)C(=O)N(C8CCCNC8=O)C9=O)CC7)CC6)CC5)ncn4)c3c2)CC1. The van der Waals surface area contributed by atoms with E-state index < -0.39 is 6.04 Å². The number of likely N-dealkylation sites (tertiary alicyclic amines) is 1. The van der Waals surface area contributed by atoms with Crippen molar-refractivity contribution in [2.75, 3.05) is 81.8 Å². The number of hydrogen-bond donors (Lipinski definition) is 2. The lowest BCUT2D eigenvalue weighted by atomic mass is 9.92. The van der Waals surface area contributed by atoms with E-state index in [4.69, 9.17) is 4.74 Å². The molecule has 1 saturated carbocycles. The van der Waals surface area contributed by atoms with Crippen LogP contribution in [0.3, 0.4) is 0 Å². The van der Waals surface area contributed by atoms with E-state index in [1.54, 1.807) is 12.4 Å². The van der Waals surface area contributed by atoms with Gasteiger partial charge in [0.15, 0.2) is 0 Å². The third-order valence-electron chi connectivity index (χ3n) is 13.6. The third-order valence-corrected chi connectivity index (χ3v) is 13.6. The van der Waals surface area contributed by atoms with Crippen LogP contribution in [0.5, 0.6) is 5.75 Å². The molecule has 7 heterocycles. The Morgan fingerprint density at radius 2 is 1.48 bits per heavy atom. The van der Waals surface area contributed by atoms with E-state index in [1.165, 1.54) is 50.2 Å². The van der Waals surface area contributed by atoms with Crippen LogP contribution in [-0.2, 0) is 4.79 Å². The van der Waals surface area contributed by atoms with Crippen molar-refractivity contribution in [1.29, 1.82) is 0 Å². The number of aromatic amines is 1.